The maximum atomic E-state index is 12.1. The van der Waals surface area contributed by atoms with Crippen LogP contribution >= 0.6 is 11.3 Å². The molecule has 0 unspecified atom stereocenters. The van der Waals surface area contributed by atoms with Crippen molar-refractivity contribution in [3.63, 3.8) is 0 Å². The van der Waals surface area contributed by atoms with Crippen molar-refractivity contribution in [2.45, 2.75) is 20.3 Å². The molecule has 0 bridgehead atoms. The molecule has 0 aliphatic rings. The van der Waals surface area contributed by atoms with Crippen LogP contribution in [0.3, 0.4) is 0 Å². The van der Waals surface area contributed by atoms with Gasteiger partial charge >= 0.3 is 0 Å². The van der Waals surface area contributed by atoms with E-state index in [-0.39, 0.29) is 18.2 Å². The normalized spacial score (nSPS) is 10.4. The SMILES string of the molecule is Cc1cc(C)cc(OCCN(C)C(=O)CCNC(=O)c2ccsc2)c1. The van der Waals surface area contributed by atoms with Crippen LogP contribution in [-0.4, -0.2) is 43.5 Å². The highest BCUT2D eigenvalue weighted by atomic mass is 32.1. The van der Waals surface area contributed by atoms with Crippen LogP contribution in [-0.2, 0) is 4.79 Å². The van der Waals surface area contributed by atoms with E-state index in [2.05, 4.69) is 11.4 Å². The van der Waals surface area contributed by atoms with Crippen molar-refractivity contribution in [1.29, 1.82) is 0 Å². The van der Waals surface area contributed by atoms with Crippen molar-refractivity contribution in [3.05, 3.63) is 51.7 Å². The maximum Gasteiger partial charge on any atom is 0.252 e. The summed E-state index contributed by atoms with van der Waals surface area (Å²) < 4.78 is 5.72. The lowest BCUT2D eigenvalue weighted by atomic mass is 10.1. The number of carbonyl (C=O) groups is 2. The lowest BCUT2D eigenvalue weighted by Gasteiger charge is -2.18. The lowest BCUT2D eigenvalue weighted by molar-refractivity contribution is -0.130. The number of benzene rings is 1. The highest BCUT2D eigenvalue weighted by Gasteiger charge is 2.10. The van der Waals surface area contributed by atoms with E-state index in [1.54, 1.807) is 23.4 Å². The van der Waals surface area contributed by atoms with E-state index in [4.69, 9.17) is 4.74 Å². The predicted molar refractivity (Wildman–Crippen MR) is 100 cm³/mol. The van der Waals surface area contributed by atoms with Crippen molar-refractivity contribution >= 4 is 23.2 Å². The Morgan fingerprint density at radius 2 is 1.92 bits per heavy atom. The third kappa shape index (κ3) is 6.23. The quantitative estimate of drug-likeness (QED) is 0.787. The molecule has 0 aliphatic heterocycles. The summed E-state index contributed by atoms with van der Waals surface area (Å²) in [7, 11) is 1.74. The van der Waals surface area contributed by atoms with E-state index in [1.165, 1.54) is 11.3 Å². The van der Waals surface area contributed by atoms with Gasteiger partial charge in [0.05, 0.1) is 6.54 Å². The predicted octanol–water partition coefficient (Wildman–Crippen LogP) is 3.02. The Bertz CT molecular complexity index is 693. The minimum Gasteiger partial charge on any atom is -0.492 e. The Hall–Kier alpha value is -2.34. The van der Waals surface area contributed by atoms with Gasteiger partial charge in [0.2, 0.25) is 5.91 Å². The second kappa shape index (κ2) is 9.22. The second-order valence-electron chi connectivity index (χ2n) is 6.01. The smallest absolute Gasteiger partial charge is 0.252 e. The van der Waals surface area contributed by atoms with Gasteiger partial charge in [-0.3, -0.25) is 9.59 Å². The molecule has 1 aromatic heterocycles. The van der Waals surface area contributed by atoms with Crippen LogP contribution in [0.15, 0.2) is 35.0 Å². The third-order valence-corrected chi connectivity index (χ3v) is 4.41. The minimum absolute atomic E-state index is 0.0189. The first kappa shape index (κ1) is 19.0. The van der Waals surface area contributed by atoms with Gasteiger partial charge < -0.3 is 15.0 Å². The molecule has 0 fully saturated rings. The average Bonchev–Trinajstić information content (AvgIpc) is 3.08. The summed E-state index contributed by atoms with van der Waals surface area (Å²) in [6, 6.07) is 7.81. The minimum atomic E-state index is -0.144. The van der Waals surface area contributed by atoms with Gasteiger partial charge in [-0.15, -0.1) is 0 Å². The van der Waals surface area contributed by atoms with Gasteiger partial charge in [0, 0.05) is 31.0 Å². The van der Waals surface area contributed by atoms with Gasteiger partial charge in [-0.2, -0.15) is 11.3 Å². The lowest BCUT2D eigenvalue weighted by Crippen LogP contribution is -2.34. The number of nitrogens with zero attached hydrogens (tertiary/aromatic N) is 1. The van der Waals surface area contributed by atoms with Crippen molar-refractivity contribution < 1.29 is 14.3 Å². The van der Waals surface area contributed by atoms with Gasteiger partial charge in [-0.05, 0) is 48.6 Å². The molecule has 1 heterocycles. The number of amides is 2. The summed E-state index contributed by atoms with van der Waals surface area (Å²) in [6.07, 6.45) is 0.274. The summed E-state index contributed by atoms with van der Waals surface area (Å²) in [6.45, 7) is 5.33. The Morgan fingerprint density at radius 1 is 1.20 bits per heavy atom. The largest absolute Gasteiger partial charge is 0.492 e. The summed E-state index contributed by atoms with van der Waals surface area (Å²) in [5.74, 6) is 0.658. The molecule has 0 saturated carbocycles. The molecule has 0 aliphatic carbocycles. The summed E-state index contributed by atoms with van der Waals surface area (Å²) in [5.41, 5.74) is 2.94. The van der Waals surface area contributed by atoms with Gasteiger partial charge in [-0.1, -0.05) is 6.07 Å². The monoisotopic (exact) mass is 360 g/mol. The molecule has 2 amide bonds. The number of nitrogens with one attached hydrogen (secondary N) is 1. The molecule has 2 aromatic rings. The fourth-order valence-corrected chi connectivity index (χ4v) is 3.05. The van der Waals surface area contributed by atoms with Gasteiger partial charge in [0.1, 0.15) is 12.4 Å². The van der Waals surface area contributed by atoms with Crippen LogP contribution in [0.2, 0.25) is 0 Å². The van der Waals surface area contributed by atoms with Crippen LogP contribution in [0.4, 0.5) is 0 Å². The fraction of sp³-hybridized carbons (Fsp3) is 0.368. The van der Waals surface area contributed by atoms with Crippen LogP contribution in [0, 0.1) is 13.8 Å². The molecule has 1 N–H and O–H groups in total. The number of aryl methyl sites for hydroxylation is 2. The molecule has 0 saturated heterocycles. The molecule has 0 spiro atoms. The Balaban J connectivity index is 1.67. The first-order chi connectivity index (χ1) is 12.0. The van der Waals surface area contributed by atoms with Crippen molar-refractivity contribution in [2.75, 3.05) is 26.7 Å². The number of rotatable bonds is 8. The van der Waals surface area contributed by atoms with Gasteiger partial charge in [0.25, 0.3) is 5.91 Å². The number of ether oxygens (including phenoxy) is 1. The Morgan fingerprint density at radius 3 is 2.56 bits per heavy atom. The fourth-order valence-electron chi connectivity index (χ4n) is 2.41. The van der Waals surface area contributed by atoms with Crippen LogP contribution in [0.1, 0.15) is 27.9 Å². The molecule has 6 heteroatoms. The van der Waals surface area contributed by atoms with E-state index < -0.39 is 0 Å². The van der Waals surface area contributed by atoms with Gasteiger partial charge in [0.15, 0.2) is 0 Å². The van der Waals surface area contributed by atoms with Crippen LogP contribution in [0.25, 0.3) is 0 Å². The molecular weight excluding hydrogens is 336 g/mol. The highest BCUT2D eigenvalue weighted by Crippen LogP contribution is 2.16. The van der Waals surface area contributed by atoms with E-state index in [0.29, 0.717) is 25.3 Å². The maximum absolute atomic E-state index is 12.1. The number of carbonyl (C=O) groups excluding carboxylic acids is 2. The topological polar surface area (TPSA) is 58.6 Å². The average molecular weight is 360 g/mol. The molecule has 5 nitrogen and oxygen atoms in total. The van der Waals surface area contributed by atoms with Crippen molar-refractivity contribution in [1.82, 2.24) is 10.2 Å². The van der Waals surface area contributed by atoms with E-state index >= 15 is 0 Å². The summed E-state index contributed by atoms with van der Waals surface area (Å²) in [4.78, 5) is 25.5. The molecule has 0 atom stereocenters. The first-order valence-corrected chi connectivity index (χ1v) is 9.15. The van der Waals surface area contributed by atoms with Crippen molar-refractivity contribution in [3.8, 4) is 5.75 Å². The Kier molecular flexibility index (Phi) is 7.01. The van der Waals surface area contributed by atoms with E-state index in [1.807, 2.05) is 31.4 Å². The molecule has 1 aromatic carbocycles. The number of likely N-dealkylation sites (N-methyl/N-ethyl adjacent to an activating group) is 1. The van der Waals surface area contributed by atoms with Gasteiger partial charge in [-0.25, -0.2) is 0 Å². The summed E-state index contributed by atoms with van der Waals surface area (Å²) in [5, 5.41) is 6.39. The standard InChI is InChI=1S/C19H24N2O3S/c1-14-10-15(2)12-17(11-14)24-8-7-21(3)18(22)4-6-20-19(23)16-5-9-25-13-16/h5,9-13H,4,6-8H2,1-3H3,(H,20,23). The van der Waals surface area contributed by atoms with E-state index in [9.17, 15) is 9.59 Å². The Labute approximate surface area is 152 Å². The molecule has 0 radical (unpaired) electrons. The van der Waals surface area contributed by atoms with Crippen LogP contribution < -0.4 is 10.1 Å². The summed E-state index contributed by atoms with van der Waals surface area (Å²) >= 11 is 1.47. The molecule has 2 rings (SSSR count). The third-order valence-electron chi connectivity index (χ3n) is 3.72. The zero-order valence-electron chi connectivity index (χ0n) is 14.9. The van der Waals surface area contributed by atoms with Crippen LogP contribution in [0.5, 0.6) is 5.75 Å². The zero-order chi connectivity index (χ0) is 18.2. The zero-order valence-corrected chi connectivity index (χ0v) is 15.7. The molecule has 134 valence electrons. The molecular formula is C19H24N2O3S. The molecule has 25 heavy (non-hydrogen) atoms. The number of hydrogen-bond donors (Lipinski definition) is 1. The first-order valence-electron chi connectivity index (χ1n) is 8.21. The second-order valence-corrected chi connectivity index (χ2v) is 6.79. The van der Waals surface area contributed by atoms with Crippen molar-refractivity contribution in [2.24, 2.45) is 0 Å². The number of hydrogen-bond acceptors (Lipinski definition) is 4. The van der Waals surface area contributed by atoms with E-state index in [0.717, 1.165) is 16.9 Å². The highest BCUT2D eigenvalue weighted by molar-refractivity contribution is 7.08. The number of thiophene rings is 1.